The largest absolute Gasteiger partial charge is 0.497 e. The number of nitrogens with one attached hydrogen (secondary N) is 1. The van der Waals surface area contributed by atoms with Crippen molar-refractivity contribution in [3.63, 3.8) is 0 Å². The molecule has 1 aromatic heterocycles. The Kier molecular flexibility index (Phi) is 8.83. The van der Waals surface area contributed by atoms with Crippen molar-refractivity contribution in [3.05, 3.63) is 71.4 Å². The lowest BCUT2D eigenvalue weighted by molar-refractivity contribution is 0.0657. The van der Waals surface area contributed by atoms with Crippen LogP contribution in [-0.2, 0) is 0 Å². The minimum Gasteiger partial charge on any atom is -0.497 e. The molecular weight excluding hydrogens is 464 g/mol. The normalized spacial score (nSPS) is 19.0. The number of aromatic nitrogens is 1. The number of piperidine rings is 1. The molecule has 4 rings (SSSR count). The molecule has 0 aliphatic carbocycles. The molecule has 2 aromatic carbocycles. The Morgan fingerprint density at radius 1 is 1.17 bits per heavy atom. The van der Waals surface area contributed by atoms with Crippen LogP contribution in [0, 0.1) is 35.3 Å². The number of pyridine rings is 1. The van der Waals surface area contributed by atoms with Crippen molar-refractivity contribution >= 4 is 10.9 Å². The first-order valence-electron chi connectivity index (χ1n) is 12.1. The van der Waals surface area contributed by atoms with E-state index in [1.807, 2.05) is 24.3 Å². The zero-order chi connectivity index (χ0) is 25.5. The van der Waals surface area contributed by atoms with Crippen LogP contribution in [0.4, 0.5) is 8.78 Å². The monoisotopic (exact) mass is 495 g/mol. The van der Waals surface area contributed by atoms with Gasteiger partial charge in [-0.05, 0) is 79.6 Å². The minimum absolute atomic E-state index is 0.0658. The highest BCUT2D eigenvalue weighted by molar-refractivity contribution is 5.84. The van der Waals surface area contributed by atoms with Gasteiger partial charge in [-0.1, -0.05) is 11.8 Å². The fourth-order valence-corrected chi connectivity index (χ4v) is 5.01. The molecule has 0 radical (unpaired) electrons. The highest BCUT2D eigenvalue weighted by Crippen LogP contribution is 2.33. The predicted octanol–water partition coefficient (Wildman–Crippen LogP) is 4.30. The van der Waals surface area contributed by atoms with E-state index in [2.05, 4.69) is 27.2 Å². The second-order valence-corrected chi connectivity index (χ2v) is 9.23. The number of aliphatic hydroxyl groups excluding tert-OH is 1. The lowest BCUT2D eigenvalue weighted by Crippen LogP contribution is -2.42. The highest BCUT2D eigenvalue weighted by atomic mass is 19.1. The third-order valence-corrected chi connectivity index (χ3v) is 6.95. The van der Waals surface area contributed by atoms with Crippen molar-refractivity contribution in [2.45, 2.75) is 25.3 Å². The number of hydrogen-bond donors (Lipinski definition) is 3. The van der Waals surface area contributed by atoms with Crippen LogP contribution in [0.2, 0.25) is 0 Å². The number of hydrogen-bond acceptors (Lipinski definition) is 6. The quantitative estimate of drug-likeness (QED) is 0.320. The first-order chi connectivity index (χ1) is 17.5. The van der Waals surface area contributed by atoms with Crippen LogP contribution in [0.25, 0.3) is 10.9 Å². The van der Waals surface area contributed by atoms with Gasteiger partial charge in [-0.15, -0.1) is 0 Å². The summed E-state index contributed by atoms with van der Waals surface area (Å²) in [4.78, 5) is 6.58. The average Bonchev–Trinajstić information content (AvgIpc) is 2.88. The Balaban J connectivity index is 1.37. The summed E-state index contributed by atoms with van der Waals surface area (Å²) >= 11 is 0. The van der Waals surface area contributed by atoms with Gasteiger partial charge < -0.3 is 15.1 Å². The second kappa shape index (κ2) is 12.2. The molecule has 190 valence electrons. The lowest BCUT2D eigenvalue weighted by atomic mass is 9.81. The van der Waals surface area contributed by atoms with Gasteiger partial charge in [0.15, 0.2) is 0 Å². The highest BCUT2D eigenvalue weighted by Gasteiger charge is 2.29. The van der Waals surface area contributed by atoms with Crippen molar-refractivity contribution in [1.82, 2.24) is 15.4 Å². The summed E-state index contributed by atoms with van der Waals surface area (Å²) in [5.41, 5.74) is 4.56. The summed E-state index contributed by atoms with van der Waals surface area (Å²) in [5, 5.41) is 20.9. The Bertz CT molecular complexity index is 1220. The van der Waals surface area contributed by atoms with Crippen molar-refractivity contribution in [3.8, 4) is 17.6 Å². The Morgan fingerprint density at radius 2 is 1.97 bits per heavy atom. The molecule has 0 saturated carbocycles. The number of rotatable bonds is 8. The number of methoxy groups -OCH3 is 1. The number of aliphatic hydroxyl groups is 1. The lowest BCUT2D eigenvalue weighted by Gasteiger charge is -2.37. The predicted molar refractivity (Wildman–Crippen MR) is 134 cm³/mol. The maximum Gasteiger partial charge on any atom is 0.127 e. The SMILES string of the molecule is COc1ccc2nccc(C(CC[C@@H]3CCN(CC#Cc4cc(F)cc(F)c4)C[C@@H]3CO)NO)c2c1. The number of likely N-dealkylation sites (tertiary alicyclic amines) is 1. The summed E-state index contributed by atoms with van der Waals surface area (Å²) in [6, 6.07) is 10.6. The van der Waals surface area contributed by atoms with Crippen molar-refractivity contribution < 1.29 is 23.8 Å². The molecule has 2 heterocycles. The van der Waals surface area contributed by atoms with Gasteiger partial charge in [0.05, 0.1) is 25.2 Å². The van der Waals surface area contributed by atoms with Crippen LogP contribution in [0.1, 0.15) is 36.4 Å². The molecular formula is C28H31F2N3O3. The van der Waals surface area contributed by atoms with Crippen LogP contribution in [0.5, 0.6) is 5.75 Å². The number of benzene rings is 2. The molecule has 0 amide bonds. The minimum atomic E-state index is -0.643. The summed E-state index contributed by atoms with van der Waals surface area (Å²) < 4.78 is 32.1. The first kappa shape index (κ1) is 26.0. The van der Waals surface area contributed by atoms with E-state index in [0.717, 1.165) is 47.7 Å². The molecule has 0 bridgehead atoms. The van der Waals surface area contributed by atoms with E-state index >= 15 is 0 Å². The van der Waals surface area contributed by atoms with Crippen molar-refractivity contribution in [1.29, 1.82) is 0 Å². The smallest absolute Gasteiger partial charge is 0.127 e. The van der Waals surface area contributed by atoms with E-state index in [1.54, 1.807) is 13.3 Å². The van der Waals surface area contributed by atoms with E-state index in [1.165, 1.54) is 12.1 Å². The van der Waals surface area contributed by atoms with Gasteiger partial charge in [0.2, 0.25) is 0 Å². The van der Waals surface area contributed by atoms with Crippen LogP contribution >= 0.6 is 0 Å². The molecule has 8 heteroatoms. The third-order valence-electron chi connectivity index (χ3n) is 6.95. The number of hydroxylamine groups is 1. The zero-order valence-electron chi connectivity index (χ0n) is 20.3. The van der Waals surface area contributed by atoms with E-state index in [0.29, 0.717) is 31.0 Å². The molecule has 36 heavy (non-hydrogen) atoms. The molecule has 3 N–H and O–H groups in total. The Labute approximate surface area is 209 Å². The number of ether oxygens (including phenoxy) is 1. The van der Waals surface area contributed by atoms with Crippen LogP contribution < -0.4 is 10.2 Å². The van der Waals surface area contributed by atoms with Crippen LogP contribution in [0.3, 0.4) is 0 Å². The third kappa shape index (κ3) is 6.37. The molecule has 3 atom stereocenters. The van der Waals surface area contributed by atoms with Gasteiger partial charge in [-0.3, -0.25) is 9.88 Å². The zero-order valence-corrected chi connectivity index (χ0v) is 20.3. The summed E-state index contributed by atoms with van der Waals surface area (Å²) in [6.45, 7) is 2.04. The van der Waals surface area contributed by atoms with E-state index in [-0.39, 0.29) is 18.6 Å². The molecule has 6 nitrogen and oxygen atoms in total. The summed E-state index contributed by atoms with van der Waals surface area (Å²) in [7, 11) is 1.62. The molecule has 1 aliphatic rings. The van der Waals surface area contributed by atoms with E-state index < -0.39 is 11.6 Å². The number of nitrogens with zero attached hydrogens (tertiary/aromatic N) is 2. The number of halogens is 2. The average molecular weight is 496 g/mol. The number of fused-ring (bicyclic) bond motifs is 1. The Morgan fingerprint density at radius 3 is 2.69 bits per heavy atom. The fourth-order valence-electron chi connectivity index (χ4n) is 5.01. The molecule has 1 aliphatic heterocycles. The maximum atomic E-state index is 13.3. The van der Waals surface area contributed by atoms with Gasteiger partial charge >= 0.3 is 0 Å². The standard InChI is InChI=1S/C28H31F2N3O3/c1-36-24-5-7-27-26(16-24)25(8-10-31-27)28(32-35)6-4-20-9-12-33(17-21(20)18-34)11-2-3-19-13-22(29)15-23(30)14-19/h5,7-8,10,13-16,20-21,28,32,34-35H,4,6,9,11-12,17-18H2,1H3/t20-,21-,28?/m1/s1. The van der Waals surface area contributed by atoms with Gasteiger partial charge in [0, 0.05) is 36.4 Å². The molecule has 1 unspecified atom stereocenters. The second-order valence-electron chi connectivity index (χ2n) is 9.23. The van der Waals surface area contributed by atoms with Gasteiger partial charge in [-0.2, -0.15) is 5.48 Å². The van der Waals surface area contributed by atoms with Gasteiger partial charge in [-0.25, -0.2) is 8.78 Å². The van der Waals surface area contributed by atoms with Gasteiger partial charge in [0.1, 0.15) is 17.4 Å². The van der Waals surface area contributed by atoms with Gasteiger partial charge in [0.25, 0.3) is 0 Å². The first-order valence-corrected chi connectivity index (χ1v) is 12.1. The van der Waals surface area contributed by atoms with Crippen LogP contribution in [0.15, 0.2) is 48.7 Å². The summed E-state index contributed by atoms with van der Waals surface area (Å²) in [5.74, 6) is 5.64. The van der Waals surface area contributed by atoms with Crippen molar-refractivity contribution in [2.24, 2.45) is 11.8 Å². The van der Waals surface area contributed by atoms with Crippen LogP contribution in [-0.4, -0.2) is 53.5 Å². The van der Waals surface area contributed by atoms with E-state index in [9.17, 15) is 19.1 Å². The van der Waals surface area contributed by atoms with Crippen molar-refractivity contribution in [2.75, 3.05) is 33.4 Å². The molecule has 1 saturated heterocycles. The summed E-state index contributed by atoms with van der Waals surface area (Å²) in [6.07, 6.45) is 4.16. The molecule has 1 fully saturated rings. The van der Waals surface area contributed by atoms with E-state index in [4.69, 9.17) is 4.74 Å². The molecule has 3 aromatic rings. The Hall–Kier alpha value is -3.09. The molecule has 0 spiro atoms. The maximum absolute atomic E-state index is 13.3. The fraction of sp³-hybridized carbons (Fsp3) is 0.393. The topological polar surface area (TPSA) is 77.9 Å².